The van der Waals surface area contributed by atoms with Crippen molar-refractivity contribution in [3.8, 4) is 17.1 Å². The van der Waals surface area contributed by atoms with Crippen molar-refractivity contribution in [2.45, 2.75) is 19.0 Å². The van der Waals surface area contributed by atoms with Gasteiger partial charge in [-0.2, -0.15) is 0 Å². The first-order valence-corrected chi connectivity index (χ1v) is 12.5. The number of carbonyl (C=O) groups is 2. The Morgan fingerprint density at radius 1 is 1.19 bits per heavy atom. The Labute approximate surface area is 219 Å². The predicted molar refractivity (Wildman–Crippen MR) is 138 cm³/mol. The monoisotopic (exact) mass is 529 g/mol. The Hall–Kier alpha value is -3.44. The van der Waals surface area contributed by atoms with E-state index in [0.29, 0.717) is 32.0 Å². The molecule has 2 atom stereocenters. The lowest BCUT2D eigenvalue weighted by Crippen LogP contribution is -2.57. The normalized spacial score (nSPS) is 22.2. The van der Waals surface area contributed by atoms with Crippen molar-refractivity contribution in [2.24, 2.45) is 0 Å². The molecule has 3 aliphatic rings. The highest BCUT2D eigenvalue weighted by Crippen LogP contribution is 2.44. The van der Waals surface area contributed by atoms with Gasteiger partial charge >= 0.3 is 0 Å². The van der Waals surface area contributed by atoms with Crippen LogP contribution in [0.5, 0.6) is 5.75 Å². The van der Waals surface area contributed by atoms with Crippen molar-refractivity contribution in [3.05, 3.63) is 41.2 Å². The first kappa shape index (κ1) is 25.2. The molecule has 2 N–H and O–H groups in total. The summed E-state index contributed by atoms with van der Waals surface area (Å²) in [6.07, 6.45) is 1.26. The van der Waals surface area contributed by atoms with E-state index in [0.717, 1.165) is 13.1 Å². The molecule has 10 nitrogen and oxygen atoms in total. The number of nitrogens with two attached hydrogens (primary N) is 1. The van der Waals surface area contributed by atoms with Gasteiger partial charge in [0.15, 0.2) is 11.6 Å². The van der Waals surface area contributed by atoms with E-state index in [-0.39, 0.29) is 58.0 Å². The number of likely N-dealkylation sites (N-methyl/N-ethyl adjacent to an activating group) is 1. The van der Waals surface area contributed by atoms with Crippen LogP contribution in [0.1, 0.15) is 17.3 Å². The second kappa shape index (κ2) is 9.79. The lowest BCUT2D eigenvalue weighted by molar-refractivity contribution is -0.128. The van der Waals surface area contributed by atoms with Gasteiger partial charge in [0.25, 0.3) is 5.91 Å². The molecular formula is C25H29ClFN7O3. The summed E-state index contributed by atoms with van der Waals surface area (Å²) in [6, 6.07) is 2.18. The lowest BCUT2D eigenvalue weighted by atomic mass is 10.1. The highest BCUT2D eigenvalue weighted by atomic mass is 35.5. The van der Waals surface area contributed by atoms with Gasteiger partial charge in [-0.1, -0.05) is 18.2 Å². The average molecular weight is 530 g/mol. The van der Waals surface area contributed by atoms with Crippen LogP contribution >= 0.6 is 11.6 Å². The van der Waals surface area contributed by atoms with Crippen LogP contribution < -0.4 is 15.4 Å². The Morgan fingerprint density at radius 3 is 2.68 bits per heavy atom. The molecule has 2 fully saturated rings. The van der Waals surface area contributed by atoms with Crippen molar-refractivity contribution in [3.63, 3.8) is 0 Å². The molecule has 0 aliphatic carbocycles. The van der Waals surface area contributed by atoms with Crippen molar-refractivity contribution >= 4 is 35.1 Å². The number of rotatable bonds is 3. The number of anilines is 2. The number of amides is 2. The molecule has 5 heterocycles. The minimum absolute atomic E-state index is 0.00949. The lowest BCUT2D eigenvalue weighted by Gasteiger charge is -2.41. The fourth-order valence-corrected chi connectivity index (χ4v) is 5.50. The molecule has 3 aliphatic heterocycles. The maximum atomic E-state index is 14.9. The van der Waals surface area contributed by atoms with Gasteiger partial charge in [-0.05, 0) is 32.2 Å². The van der Waals surface area contributed by atoms with E-state index < -0.39 is 11.9 Å². The van der Waals surface area contributed by atoms with Gasteiger partial charge in [0.2, 0.25) is 5.91 Å². The van der Waals surface area contributed by atoms with Crippen LogP contribution in [0.4, 0.5) is 16.0 Å². The Bertz CT molecular complexity index is 1280. The number of hydrogen-bond acceptors (Lipinski definition) is 8. The van der Waals surface area contributed by atoms with E-state index in [2.05, 4.69) is 16.5 Å². The van der Waals surface area contributed by atoms with Crippen LogP contribution in [0.3, 0.4) is 0 Å². The van der Waals surface area contributed by atoms with Crippen LogP contribution in [0.15, 0.2) is 24.8 Å². The van der Waals surface area contributed by atoms with E-state index in [1.54, 1.807) is 9.80 Å². The average Bonchev–Trinajstić information content (AvgIpc) is 3.02. The summed E-state index contributed by atoms with van der Waals surface area (Å²) in [5, 5.41) is -0.00949. The van der Waals surface area contributed by atoms with E-state index in [1.165, 1.54) is 18.2 Å². The van der Waals surface area contributed by atoms with Crippen molar-refractivity contribution in [2.75, 3.05) is 63.6 Å². The quantitative estimate of drug-likeness (QED) is 0.601. The van der Waals surface area contributed by atoms with Gasteiger partial charge in [-0.25, -0.2) is 14.4 Å². The SMILES string of the molecule is C=CC(=O)N1CCN2C(=O)c3c(N4CCN(C)C[C@@H]4C)nc(-c4nc(N)ccc4F)c(Cl)c3OC[C@H]2C1. The number of aromatic nitrogens is 2. The molecule has 0 bridgehead atoms. The number of halogens is 2. The molecule has 0 aromatic carbocycles. The molecule has 0 unspecified atom stereocenters. The van der Waals surface area contributed by atoms with Gasteiger partial charge in [-0.3, -0.25) is 9.59 Å². The Kier molecular flexibility index (Phi) is 6.67. The zero-order valence-corrected chi connectivity index (χ0v) is 21.5. The second-order valence-corrected chi connectivity index (χ2v) is 10.0. The summed E-state index contributed by atoms with van der Waals surface area (Å²) in [4.78, 5) is 42.8. The molecule has 0 radical (unpaired) electrons. The molecule has 0 spiro atoms. The highest BCUT2D eigenvalue weighted by Gasteiger charge is 2.41. The third kappa shape index (κ3) is 4.46. The summed E-state index contributed by atoms with van der Waals surface area (Å²) in [7, 11) is 2.03. The van der Waals surface area contributed by atoms with Crippen LogP contribution in [0.2, 0.25) is 5.02 Å². The summed E-state index contributed by atoms with van der Waals surface area (Å²) in [5.41, 5.74) is 6.03. The van der Waals surface area contributed by atoms with Crippen LogP contribution in [-0.4, -0.2) is 101 Å². The maximum absolute atomic E-state index is 14.9. The largest absolute Gasteiger partial charge is 0.489 e. The van der Waals surface area contributed by atoms with Crippen LogP contribution in [-0.2, 0) is 4.79 Å². The minimum Gasteiger partial charge on any atom is -0.489 e. The number of pyridine rings is 2. The van der Waals surface area contributed by atoms with E-state index in [4.69, 9.17) is 27.1 Å². The number of fused-ring (bicyclic) bond motifs is 2. The van der Waals surface area contributed by atoms with Gasteiger partial charge in [-0.15, -0.1) is 0 Å². The molecule has 5 rings (SSSR count). The first-order chi connectivity index (χ1) is 17.7. The molecule has 2 saturated heterocycles. The third-order valence-corrected chi connectivity index (χ3v) is 7.48. The number of nitrogens with zero attached hydrogens (tertiary/aromatic N) is 6. The van der Waals surface area contributed by atoms with Crippen molar-refractivity contribution in [1.82, 2.24) is 24.7 Å². The number of hydrogen-bond donors (Lipinski definition) is 1. The van der Waals surface area contributed by atoms with Crippen LogP contribution in [0, 0.1) is 5.82 Å². The zero-order valence-electron chi connectivity index (χ0n) is 20.8. The third-order valence-electron chi connectivity index (χ3n) is 7.13. The molecule has 12 heteroatoms. The summed E-state index contributed by atoms with van der Waals surface area (Å²) >= 11 is 6.78. The Morgan fingerprint density at radius 2 is 1.95 bits per heavy atom. The molecule has 196 valence electrons. The molecular weight excluding hydrogens is 501 g/mol. The number of carbonyl (C=O) groups excluding carboxylic acids is 2. The van der Waals surface area contributed by atoms with Crippen LogP contribution in [0.25, 0.3) is 11.4 Å². The predicted octanol–water partition coefficient (Wildman–Crippen LogP) is 1.89. The topological polar surface area (TPSA) is 108 Å². The molecule has 0 saturated carbocycles. The number of nitrogen functional groups attached to an aromatic ring is 1. The molecule has 2 aromatic heterocycles. The Balaban J connectivity index is 1.66. The fraction of sp³-hybridized carbons (Fsp3) is 0.440. The molecule has 2 amide bonds. The fourth-order valence-electron chi connectivity index (χ4n) is 5.22. The van der Waals surface area contributed by atoms with Gasteiger partial charge in [0, 0.05) is 45.3 Å². The van der Waals surface area contributed by atoms with E-state index in [1.807, 2.05) is 18.9 Å². The van der Waals surface area contributed by atoms with Crippen molar-refractivity contribution in [1.29, 1.82) is 0 Å². The van der Waals surface area contributed by atoms with E-state index in [9.17, 15) is 14.0 Å². The summed E-state index contributed by atoms with van der Waals surface area (Å²) in [6.45, 7) is 8.82. The minimum atomic E-state index is -0.642. The first-order valence-electron chi connectivity index (χ1n) is 12.2. The molecule has 2 aromatic rings. The van der Waals surface area contributed by atoms with Gasteiger partial charge in [0.1, 0.15) is 40.2 Å². The molecule has 37 heavy (non-hydrogen) atoms. The van der Waals surface area contributed by atoms with Gasteiger partial charge in [0.05, 0.1) is 6.04 Å². The van der Waals surface area contributed by atoms with Crippen molar-refractivity contribution < 1.29 is 18.7 Å². The van der Waals surface area contributed by atoms with E-state index >= 15 is 0 Å². The standard InChI is InChI=1S/C25H29ClFN7O3/c1-4-18(35)32-8-10-34-15(12-32)13-37-23-19(25(34)36)24(33-9-7-31(3)11-14(33)2)30-22(20(23)26)21-16(27)5-6-17(28)29-21/h4-6,14-15H,1,7-13H2,2-3H3,(H2,28,29)/t14-,15+/m0/s1. The number of piperazine rings is 2. The smallest absolute Gasteiger partial charge is 0.261 e. The number of ether oxygens (including phenoxy) is 1. The zero-order chi connectivity index (χ0) is 26.4. The second-order valence-electron chi connectivity index (χ2n) is 9.63. The summed E-state index contributed by atoms with van der Waals surface area (Å²) in [5.74, 6) is -0.514. The highest BCUT2D eigenvalue weighted by molar-refractivity contribution is 6.35. The maximum Gasteiger partial charge on any atom is 0.261 e. The summed E-state index contributed by atoms with van der Waals surface area (Å²) < 4.78 is 21.1. The van der Waals surface area contributed by atoms with Gasteiger partial charge < -0.3 is 30.1 Å².